The van der Waals surface area contributed by atoms with E-state index in [2.05, 4.69) is 5.32 Å². The third-order valence-corrected chi connectivity index (χ3v) is 4.96. The van der Waals surface area contributed by atoms with Crippen molar-refractivity contribution in [3.63, 3.8) is 0 Å². The molecule has 0 unspecified atom stereocenters. The van der Waals surface area contributed by atoms with Crippen LogP contribution in [0.4, 0.5) is 5.69 Å². The van der Waals surface area contributed by atoms with Crippen LogP contribution in [0.3, 0.4) is 0 Å². The van der Waals surface area contributed by atoms with E-state index in [0.29, 0.717) is 22.2 Å². The molecule has 1 saturated heterocycles. The van der Waals surface area contributed by atoms with E-state index in [4.69, 9.17) is 28.6 Å². The van der Waals surface area contributed by atoms with E-state index < -0.39 is 23.6 Å². The first-order chi connectivity index (χ1) is 13.3. The Morgan fingerprint density at radius 1 is 0.964 bits per heavy atom. The summed E-state index contributed by atoms with van der Waals surface area (Å²) in [6.07, 6.45) is 0. The van der Waals surface area contributed by atoms with Crippen molar-refractivity contribution in [2.45, 2.75) is 0 Å². The van der Waals surface area contributed by atoms with Crippen molar-refractivity contribution in [2.75, 3.05) is 19.4 Å². The largest absolute Gasteiger partial charge is 0.457 e. The monoisotopic (exact) mass is 417 g/mol. The van der Waals surface area contributed by atoms with Gasteiger partial charge in [0.2, 0.25) is 5.91 Å². The van der Waals surface area contributed by atoms with Gasteiger partial charge in [0, 0.05) is 24.8 Å². The normalized spacial score (nSPS) is 15.0. The fourth-order valence-electron chi connectivity index (χ4n) is 2.59. The van der Waals surface area contributed by atoms with Crippen molar-refractivity contribution in [1.82, 2.24) is 9.80 Å². The van der Waals surface area contributed by atoms with E-state index in [9.17, 15) is 14.4 Å². The average Bonchev–Trinajstić information content (AvgIpc) is 2.68. The van der Waals surface area contributed by atoms with Gasteiger partial charge in [-0.15, -0.1) is 0 Å². The molecule has 1 aliphatic rings. The van der Waals surface area contributed by atoms with Gasteiger partial charge in [-0.05, 0) is 60.7 Å². The highest BCUT2D eigenvalue weighted by Crippen LogP contribution is 2.25. The predicted octanol–water partition coefficient (Wildman–Crippen LogP) is 2.90. The summed E-state index contributed by atoms with van der Waals surface area (Å²) in [6, 6.07) is 13.4. The van der Waals surface area contributed by atoms with Crippen LogP contribution in [-0.4, -0.2) is 46.7 Å². The first-order valence-electron chi connectivity index (χ1n) is 8.21. The summed E-state index contributed by atoms with van der Waals surface area (Å²) in [4.78, 5) is 39.3. The summed E-state index contributed by atoms with van der Waals surface area (Å²) in [5.74, 6) is -2.35. The number of ether oxygens (including phenoxy) is 1. The summed E-state index contributed by atoms with van der Waals surface area (Å²) in [5.41, 5.74) is 0.424. The number of carbonyl (C=O) groups is 3. The standard InChI is InChI=1S/C19H16ClN3O4S/c1-22-17(25)15(18(26)23(2)19(22)28)16(24)21-12-5-9-14(10-6-12)27-13-7-3-11(20)4-8-13/h3-10,15H,1-2H3,(H,21,24). The number of carbonyl (C=O) groups excluding carboxylic acids is 3. The molecule has 1 heterocycles. The number of halogens is 1. The van der Waals surface area contributed by atoms with Crippen LogP contribution in [0.15, 0.2) is 48.5 Å². The third-order valence-electron chi connectivity index (χ3n) is 4.16. The van der Waals surface area contributed by atoms with Crippen molar-refractivity contribution < 1.29 is 19.1 Å². The summed E-state index contributed by atoms with van der Waals surface area (Å²) in [7, 11) is 2.85. The first kappa shape index (κ1) is 19.8. The highest BCUT2D eigenvalue weighted by atomic mass is 35.5. The molecule has 0 saturated carbocycles. The van der Waals surface area contributed by atoms with E-state index >= 15 is 0 Å². The molecule has 28 heavy (non-hydrogen) atoms. The van der Waals surface area contributed by atoms with Crippen molar-refractivity contribution in [3.05, 3.63) is 53.6 Å². The molecule has 3 amide bonds. The van der Waals surface area contributed by atoms with Gasteiger partial charge in [-0.3, -0.25) is 24.2 Å². The summed E-state index contributed by atoms with van der Waals surface area (Å²) >= 11 is 10.8. The number of benzene rings is 2. The quantitative estimate of drug-likeness (QED) is 0.611. The Labute approximate surface area is 171 Å². The summed E-state index contributed by atoms with van der Waals surface area (Å²) < 4.78 is 5.68. The molecule has 1 fully saturated rings. The van der Waals surface area contributed by atoms with Gasteiger partial charge >= 0.3 is 0 Å². The maximum Gasteiger partial charge on any atom is 0.250 e. The molecule has 2 aromatic carbocycles. The smallest absolute Gasteiger partial charge is 0.250 e. The van der Waals surface area contributed by atoms with Crippen molar-refractivity contribution >= 4 is 52.3 Å². The molecular weight excluding hydrogens is 402 g/mol. The lowest BCUT2D eigenvalue weighted by molar-refractivity contribution is -0.149. The summed E-state index contributed by atoms with van der Waals surface area (Å²) in [6.45, 7) is 0. The maximum absolute atomic E-state index is 12.5. The number of hydrogen-bond donors (Lipinski definition) is 1. The van der Waals surface area contributed by atoms with Crippen LogP contribution in [0, 0.1) is 5.92 Å². The fourth-order valence-corrected chi connectivity index (χ4v) is 2.90. The van der Waals surface area contributed by atoms with Gasteiger partial charge in [0.25, 0.3) is 11.8 Å². The lowest BCUT2D eigenvalue weighted by Crippen LogP contribution is -2.59. The lowest BCUT2D eigenvalue weighted by Gasteiger charge is -2.34. The van der Waals surface area contributed by atoms with E-state index in [1.54, 1.807) is 48.5 Å². The Hall–Kier alpha value is -2.97. The number of amides is 3. The number of nitrogens with one attached hydrogen (secondary N) is 1. The van der Waals surface area contributed by atoms with Crippen LogP contribution in [0.5, 0.6) is 11.5 Å². The minimum atomic E-state index is -1.48. The Kier molecular flexibility index (Phi) is 5.62. The second-order valence-corrected chi connectivity index (χ2v) is 6.88. The van der Waals surface area contributed by atoms with Crippen molar-refractivity contribution in [3.8, 4) is 11.5 Å². The first-order valence-corrected chi connectivity index (χ1v) is 9.00. The molecule has 2 aromatic rings. The summed E-state index contributed by atoms with van der Waals surface area (Å²) in [5, 5.41) is 3.24. The van der Waals surface area contributed by atoms with Crippen LogP contribution >= 0.6 is 23.8 Å². The molecular formula is C19H16ClN3O4S. The Morgan fingerprint density at radius 3 is 1.93 bits per heavy atom. The topological polar surface area (TPSA) is 79.0 Å². The van der Waals surface area contributed by atoms with Gasteiger partial charge in [0.15, 0.2) is 11.0 Å². The molecule has 3 rings (SSSR count). The Morgan fingerprint density at radius 2 is 1.43 bits per heavy atom. The van der Waals surface area contributed by atoms with Crippen LogP contribution in [0.2, 0.25) is 5.02 Å². The predicted molar refractivity (Wildman–Crippen MR) is 108 cm³/mol. The van der Waals surface area contributed by atoms with Gasteiger partial charge in [0.1, 0.15) is 11.5 Å². The fraction of sp³-hybridized carbons (Fsp3) is 0.158. The van der Waals surface area contributed by atoms with Crippen LogP contribution in [0.25, 0.3) is 0 Å². The minimum absolute atomic E-state index is 0.0581. The SMILES string of the molecule is CN1C(=O)C(C(=O)Nc2ccc(Oc3ccc(Cl)cc3)cc2)C(=O)N(C)C1=S. The van der Waals surface area contributed by atoms with Gasteiger partial charge in [-0.1, -0.05) is 11.6 Å². The second-order valence-electron chi connectivity index (χ2n) is 6.08. The number of nitrogens with zero attached hydrogens (tertiary/aromatic N) is 2. The number of hydrogen-bond acceptors (Lipinski definition) is 5. The molecule has 1 N–H and O–H groups in total. The van der Waals surface area contributed by atoms with E-state index in [0.717, 1.165) is 9.80 Å². The molecule has 144 valence electrons. The number of rotatable bonds is 4. The molecule has 0 aromatic heterocycles. The molecule has 0 spiro atoms. The number of anilines is 1. The molecule has 0 atom stereocenters. The molecule has 9 heteroatoms. The van der Waals surface area contributed by atoms with Crippen LogP contribution in [0.1, 0.15) is 0 Å². The van der Waals surface area contributed by atoms with E-state index in [-0.39, 0.29) is 5.11 Å². The van der Waals surface area contributed by atoms with Gasteiger partial charge in [0.05, 0.1) is 0 Å². The zero-order valence-electron chi connectivity index (χ0n) is 15.0. The second kappa shape index (κ2) is 7.95. The highest BCUT2D eigenvalue weighted by Gasteiger charge is 2.44. The van der Waals surface area contributed by atoms with Gasteiger partial charge in [-0.2, -0.15) is 0 Å². The van der Waals surface area contributed by atoms with E-state index in [1.165, 1.54) is 14.1 Å². The zero-order valence-corrected chi connectivity index (χ0v) is 16.6. The van der Waals surface area contributed by atoms with Crippen molar-refractivity contribution in [1.29, 1.82) is 0 Å². The van der Waals surface area contributed by atoms with Crippen LogP contribution in [-0.2, 0) is 14.4 Å². The third kappa shape index (κ3) is 3.97. The minimum Gasteiger partial charge on any atom is -0.457 e. The van der Waals surface area contributed by atoms with E-state index in [1.807, 2.05) is 0 Å². The molecule has 1 aliphatic heterocycles. The van der Waals surface area contributed by atoms with Gasteiger partial charge < -0.3 is 10.1 Å². The van der Waals surface area contributed by atoms with Gasteiger partial charge in [-0.25, -0.2) is 0 Å². The lowest BCUT2D eigenvalue weighted by atomic mass is 10.0. The molecule has 0 radical (unpaired) electrons. The average molecular weight is 418 g/mol. The van der Waals surface area contributed by atoms with Crippen molar-refractivity contribution in [2.24, 2.45) is 5.92 Å². The zero-order chi connectivity index (χ0) is 20.4. The molecule has 0 aliphatic carbocycles. The Balaban J connectivity index is 1.68. The maximum atomic E-state index is 12.5. The highest BCUT2D eigenvalue weighted by molar-refractivity contribution is 7.80. The Bertz CT molecular complexity index is 923. The molecule has 7 nitrogen and oxygen atoms in total. The molecule has 0 bridgehead atoms. The van der Waals surface area contributed by atoms with Crippen LogP contribution < -0.4 is 10.1 Å². The number of thiocarbonyl (C=S) groups is 1.